The summed E-state index contributed by atoms with van der Waals surface area (Å²) in [5, 5.41) is 16.2. The third kappa shape index (κ3) is 9.44. The Morgan fingerprint density at radius 1 is 1.21 bits per heavy atom. The Bertz CT molecular complexity index is 442. The standard InChI is InChI=1S/C18H32N4O.HI/c1-4-5-12-22(3)13-11-20-18(19-2)21-14-17(15-23)16-9-7-6-8-10-16;/h6-10,17,23H,4-5,11-15H2,1-3H3,(H2,19,20,21);1H. The summed E-state index contributed by atoms with van der Waals surface area (Å²) in [4.78, 5) is 6.56. The van der Waals surface area contributed by atoms with E-state index >= 15 is 0 Å². The van der Waals surface area contributed by atoms with Crippen molar-refractivity contribution in [1.29, 1.82) is 0 Å². The van der Waals surface area contributed by atoms with Gasteiger partial charge in [0.05, 0.1) is 6.61 Å². The Balaban J connectivity index is 0.00000529. The minimum Gasteiger partial charge on any atom is -0.396 e. The molecule has 24 heavy (non-hydrogen) atoms. The predicted molar refractivity (Wildman–Crippen MR) is 113 cm³/mol. The summed E-state index contributed by atoms with van der Waals surface area (Å²) < 4.78 is 0. The Morgan fingerprint density at radius 2 is 1.92 bits per heavy atom. The Labute approximate surface area is 164 Å². The number of aliphatic hydroxyl groups excluding tert-OH is 1. The van der Waals surface area contributed by atoms with Crippen molar-refractivity contribution in [2.24, 2.45) is 4.99 Å². The first-order valence-electron chi connectivity index (χ1n) is 8.50. The van der Waals surface area contributed by atoms with E-state index in [-0.39, 0.29) is 36.5 Å². The lowest BCUT2D eigenvalue weighted by Gasteiger charge is -2.20. The molecule has 0 spiro atoms. The van der Waals surface area contributed by atoms with E-state index in [1.807, 2.05) is 30.3 Å². The number of hydrogen-bond acceptors (Lipinski definition) is 3. The average Bonchev–Trinajstić information content (AvgIpc) is 2.59. The molecule has 0 heterocycles. The summed E-state index contributed by atoms with van der Waals surface area (Å²) in [6.07, 6.45) is 2.46. The van der Waals surface area contributed by atoms with Crippen LogP contribution in [0.3, 0.4) is 0 Å². The van der Waals surface area contributed by atoms with Gasteiger partial charge in [0.1, 0.15) is 0 Å². The Morgan fingerprint density at radius 3 is 2.50 bits per heavy atom. The number of rotatable bonds is 10. The number of nitrogens with one attached hydrogen (secondary N) is 2. The highest BCUT2D eigenvalue weighted by molar-refractivity contribution is 14.0. The fourth-order valence-electron chi connectivity index (χ4n) is 2.36. The van der Waals surface area contributed by atoms with E-state index in [1.54, 1.807) is 7.05 Å². The van der Waals surface area contributed by atoms with Crippen molar-refractivity contribution in [2.45, 2.75) is 25.7 Å². The van der Waals surface area contributed by atoms with Crippen molar-refractivity contribution in [1.82, 2.24) is 15.5 Å². The molecule has 1 rings (SSSR count). The van der Waals surface area contributed by atoms with Crippen molar-refractivity contribution < 1.29 is 5.11 Å². The van der Waals surface area contributed by atoms with E-state index in [1.165, 1.54) is 12.8 Å². The number of guanidine groups is 1. The van der Waals surface area contributed by atoms with Gasteiger partial charge in [0, 0.05) is 32.6 Å². The molecule has 0 bridgehead atoms. The van der Waals surface area contributed by atoms with Gasteiger partial charge < -0.3 is 20.6 Å². The van der Waals surface area contributed by atoms with Gasteiger partial charge in [-0.1, -0.05) is 43.7 Å². The first-order chi connectivity index (χ1) is 11.2. The van der Waals surface area contributed by atoms with Crippen LogP contribution in [0.15, 0.2) is 35.3 Å². The zero-order chi connectivity index (χ0) is 16.9. The van der Waals surface area contributed by atoms with E-state index < -0.39 is 0 Å². The smallest absolute Gasteiger partial charge is 0.191 e. The Kier molecular flexibility index (Phi) is 14.0. The molecule has 0 aliphatic heterocycles. The van der Waals surface area contributed by atoms with Crippen molar-refractivity contribution >= 4 is 29.9 Å². The fraction of sp³-hybridized carbons (Fsp3) is 0.611. The van der Waals surface area contributed by atoms with Crippen molar-refractivity contribution in [2.75, 3.05) is 46.9 Å². The first kappa shape index (κ1) is 23.1. The molecule has 0 saturated carbocycles. The van der Waals surface area contributed by atoms with Crippen LogP contribution in [0.1, 0.15) is 31.2 Å². The van der Waals surface area contributed by atoms with Gasteiger partial charge in [-0.3, -0.25) is 4.99 Å². The fourth-order valence-corrected chi connectivity index (χ4v) is 2.36. The summed E-state index contributed by atoms with van der Waals surface area (Å²) in [6, 6.07) is 10.1. The highest BCUT2D eigenvalue weighted by Crippen LogP contribution is 2.13. The Hall–Kier alpha value is -0.860. The molecule has 1 aromatic rings. The van der Waals surface area contributed by atoms with Crippen LogP contribution < -0.4 is 10.6 Å². The lowest BCUT2D eigenvalue weighted by Crippen LogP contribution is -2.42. The summed E-state index contributed by atoms with van der Waals surface area (Å²) >= 11 is 0. The number of nitrogens with zero attached hydrogens (tertiary/aromatic N) is 2. The minimum atomic E-state index is 0. The molecule has 3 N–H and O–H groups in total. The number of benzene rings is 1. The van der Waals surface area contributed by atoms with Crippen LogP contribution in [0.25, 0.3) is 0 Å². The van der Waals surface area contributed by atoms with Crippen molar-refractivity contribution in [3.05, 3.63) is 35.9 Å². The number of hydrogen-bond donors (Lipinski definition) is 3. The molecule has 5 nitrogen and oxygen atoms in total. The number of unbranched alkanes of at least 4 members (excludes halogenated alkanes) is 1. The van der Waals surface area contributed by atoms with Gasteiger partial charge in [0.2, 0.25) is 0 Å². The van der Waals surface area contributed by atoms with Crippen LogP contribution in [0, 0.1) is 0 Å². The average molecular weight is 448 g/mol. The molecule has 0 aliphatic rings. The van der Waals surface area contributed by atoms with Gasteiger partial charge in [0.15, 0.2) is 5.96 Å². The van der Waals surface area contributed by atoms with Gasteiger partial charge in [0.25, 0.3) is 0 Å². The van der Waals surface area contributed by atoms with Crippen LogP contribution in [-0.2, 0) is 0 Å². The molecule has 6 heteroatoms. The van der Waals surface area contributed by atoms with Gasteiger partial charge in [-0.15, -0.1) is 24.0 Å². The SMILES string of the molecule is CCCCN(C)CCNC(=NC)NCC(CO)c1ccccc1.I. The van der Waals surface area contributed by atoms with Gasteiger partial charge in [-0.25, -0.2) is 0 Å². The maximum Gasteiger partial charge on any atom is 0.191 e. The summed E-state index contributed by atoms with van der Waals surface area (Å²) in [5.41, 5.74) is 1.14. The third-order valence-corrected chi connectivity index (χ3v) is 3.91. The van der Waals surface area contributed by atoms with Crippen molar-refractivity contribution in [3.8, 4) is 0 Å². The van der Waals surface area contributed by atoms with Crippen LogP contribution in [0.5, 0.6) is 0 Å². The van der Waals surface area contributed by atoms with E-state index in [9.17, 15) is 5.11 Å². The zero-order valence-corrected chi connectivity index (χ0v) is 17.5. The molecule has 1 aromatic carbocycles. The molecule has 0 amide bonds. The predicted octanol–water partition coefficient (Wildman–Crippen LogP) is 2.28. The van der Waals surface area contributed by atoms with E-state index in [2.05, 4.69) is 34.5 Å². The highest BCUT2D eigenvalue weighted by atomic mass is 127. The maximum atomic E-state index is 9.59. The first-order valence-corrected chi connectivity index (χ1v) is 8.50. The lowest BCUT2D eigenvalue weighted by molar-refractivity contribution is 0.265. The summed E-state index contributed by atoms with van der Waals surface area (Å²) in [5.74, 6) is 0.852. The largest absolute Gasteiger partial charge is 0.396 e. The van der Waals surface area contributed by atoms with Crippen LogP contribution in [0.4, 0.5) is 0 Å². The van der Waals surface area contributed by atoms with E-state index in [0.717, 1.165) is 31.2 Å². The monoisotopic (exact) mass is 448 g/mol. The molecule has 0 saturated heterocycles. The van der Waals surface area contributed by atoms with Crippen LogP contribution >= 0.6 is 24.0 Å². The van der Waals surface area contributed by atoms with Gasteiger partial charge in [-0.05, 0) is 25.6 Å². The second-order valence-corrected chi connectivity index (χ2v) is 5.83. The number of halogens is 1. The number of likely N-dealkylation sites (N-methyl/N-ethyl adjacent to an activating group) is 1. The molecule has 0 radical (unpaired) electrons. The quantitative estimate of drug-likeness (QED) is 0.292. The van der Waals surface area contributed by atoms with E-state index in [4.69, 9.17) is 0 Å². The second kappa shape index (κ2) is 14.5. The molecule has 0 aromatic heterocycles. The topological polar surface area (TPSA) is 59.9 Å². The molecule has 138 valence electrons. The second-order valence-electron chi connectivity index (χ2n) is 5.83. The van der Waals surface area contributed by atoms with Crippen LogP contribution in [-0.4, -0.2) is 62.8 Å². The van der Waals surface area contributed by atoms with Gasteiger partial charge in [-0.2, -0.15) is 0 Å². The number of aliphatic imine (C=N–C) groups is 1. The minimum absolute atomic E-state index is 0. The lowest BCUT2D eigenvalue weighted by atomic mass is 10.0. The molecule has 1 unspecified atom stereocenters. The third-order valence-electron chi connectivity index (χ3n) is 3.91. The van der Waals surface area contributed by atoms with E-state index in [0.29, 0.717) is 6.54 Å². The molecular formula is C18H33IN4O. The number of aliphatic hydroxyl groups is 1. The molecule has 1 atom stereocenters. The van der Waals surface area contributed by atoms with Gasteiger partial charge >= 0.3 is 0 Å². The summed E-state index contributed by atoms with van der Waals surface area (Å²) in [7, 11) is 3.91. The van der Waals surface area contributed by atoms with Crippen molar-refractivity contribution in [3.63, 3.8) is 0 Å². The molecular weight excluding hydrogens is 415 g/mol. The summed E-state index contributed by atoms with van der Waals surface area (Å²) in [6.45, 7) is 5.96. The van der Waals surface area contributed by atoms with Crippen LogP contribution in [0.2, 0.25) is 0 Å². The normalized spacial score (nSPS) is 12.6. The highest BCUT2D eigenvalue weighted by Gasteiger charge is 2.10. The molecule has 0 aliphatic carbocycles. The zero-order valence-electron chi connectivity index (χ0n) is 15.2. The molecule has 0 fully saturated rings. The maximum absolute atomic E-state index is 9.59.